The Labute approximate surface area is 78.5 Å². The molecule has 0 aromatic rings. The van der Waals surface area contributed by atoms with Crippen LogP contribution in [0.25, 0.3) is 0 Å². The molecule has 13 heavy (non-hydrogen) atoms. The molecule has 2 N–H and O–H groups in total. The summed E-state index contributed by atoms with van der Waals surface area (Å²) in [5.41, 5.74) is 0. The Balaban J connectivity index is 1.87. The smallest absolute Gasteiger partial charge is 0.306 e. The average Bonchev–Trinajstić information content (AvgIpc) is 2.01. The number of carboxylic acids is 1. The van der Waals surface area contributed by atoms with Crippen molar-refractivity contribution in [3.8, 4) is 0 Å². The maximum absolute atomic E-state index is 10.8. The van der Waals surface area contributed by atoms with Crippen LogP contribution >= 0.6 is 0 Å². The van der Waals surface area contributed by atoms with Crippen LogP contribution in [-0.4, -0.2) is 24.2 Å². The van der Waals surface area contributed by atoms with Gasteiger partial charge in [0.1, 0.15) is 0 Å². The maximum Gasteiger partial charge on any atom is 0.306 e. The first-order valence-electron chi connectivity index (χ1n) is 5.21. The van der Waals surface area contributed by atoms with Gasteiger partial charge in [-0.3, -0.25) is 4.79 Å². The molecule has 74 valence electrons. The third-order valence-corrected chi connectivity index (χ3v) is 3.54. The molecule has 2 atom stereocenters. The van der Waals surface area contributed by atoms with E-state index in [1.807, 2.05) is 0 Å². The van der Waals surface area contributed by atoms with Gasteiger partial charge in [-0.05, 0) is 37.8 Å². The van der Waals surface area contributed by atoms with Crippen molar-refractivity contribution in [2.24, 2.45) is 17.8 Å². The molecule has 0 aromatic heterocycles. The number of aliphatic carboxylic acids is 1. The molecule has 3 nitrogen and oxygen atoms in total. The molecule has 0 amide bonds. The van der Waals surface area contributed by atoms with Gasteiger partial charge in [0.25, 0.3) is 0 Å². The van der Waals surface area contributed by atoms with Gasteiger partial charge in [0.15, 0.2) is 0 Å². The lowest BCUT2D eigenvalue weighted by atomic mass is 9.73. The lowest BCUT2D eigenvalue weighted by Gasteiger charge is -2.38. The van der Waals surface area contributed by atoms with E-state index in [1.54, 1.807) is 0 Å². The predicted octanol–water partition coefficient (Wildman–Crippen LogP) is 1.10. The van der Waals surface area contributed by atoms with Gasteiger partial charge in [-0.15, -0.1) is 0 Å². The van der Waals surface area contributed by atoms with Gasteiger partial charge in [0, 0.05) is 0 Å². The van der Waals surface area contributed by atoms with Crippen molar-refractivity contribution >= 4 is 5.97 Å². The highest BCUT2D eigenvalue weighted by Crippen LogP contribution is 2.35. The van der Waals surface area contributed by atoms with Crippen molar-refractivity contribution in [1.29, 1.82) is 0 Å². The Kier molecular flexibility index (Phi) is 2.54. The second-order valence-electron chi connectivity index (χ2n) is 4.38. The number of hydrogen-bond donors (Lipinski definition) is 2. The van der Waals surface area contributed by atoms with E-state index in [-0.39, 0.29) is 5.92 Å². The third kappa shape index (κ3) is 1.85. The van der Waals surface area contributed by atoms with Crippen molar-refractivity contribution in [1.82, 2.24) is 5.32 Å². The molecular weight excluding hydrogens is 166 g/mol. The van der Waals surface area contributed by atoms with Crippen LogP contribution in [0.1, 0.15) is 25.7 Å². The van der Waals surface area contributed by atoms with E-state index in [9.17, 15) is 4.79 Å². The zero-order chi connectivity index (χ0) is 9.26. The first-order valence-corrected chi connectivity index (χ1v) is 5.21. The molecule has 1 aliphatic heterocycles. The molecule has 0 unspecified atom stereocenters. The first-order chi connectivity index (χ1) is 6.27. The normalized spacial score (nSPS) is 35.4. The summed E-state index contributed by atoms with van der Waals surface area (Å²) in [7, 11) is 0. The van der Waals surface area contributed by atoms with Crippen LogP contribution in [0.5, 0.6) is 0 Å². The van der Waals surface area contributed by atoms with Crippen molar-refractivity contribution < 1.29 is 9.90 Å². The van der Waals surface area contributed by atoms with Crippen LogP contribution in [0.15, 0.2) is 0 Å². The Morgan fingerprint density at radius 1 is 1.23 bits per heavy atom. The maximum atomic E-state index is 10.8. The topological polar surface area (TPSA) is 49.3 Å². The van der Waals surface area contributed by atoms with Crippen LogP contribution < -0.4 is 5.32 Å². The fourth-order valence-corrected chi connectivity index (χ4v) is 2.52. The van der Waals surface area contributed by atoms with Gasteiger partial charge < -0.3 is 10.4 Å². The molecule has 2 rings (SSSR count). The van der Waals surface area contributed by atoms with E-state index < -0.39 is 5.97 Å². The Hall–Kier alpha value is -0.570. The minimum atomic E-state index is -0.586. The van der Waals surface area contributed by atoms with Gasteiger partial charge in [-0.25, -0.2) is 0 Å². The fourth-order valence-electron chi connectivity index (χ4n) is 2.52. The molecule has 1 aliphatic carbocycles. The molecule has 0 radical (unpaired) electrons. The van der Waals surface area contributed by atoms with E-state index in [2.05, 4.69) is 5.32 Å². The summed E-state index contributed by atoms with van der Waals surface area (Å²) >= 11 is 0. The lowest BCUT2D eigenvalue weighted by molar-refractivity contribution is -0.143. The van der Waals surface area contributed by atoms with Gasteiger partial charge in [-0.2, -0.15) is 0 Å². The summed E-state index contributed by atoms with van der Waals surface area (Å²) in [5, 5.41) is 12.2. The van der Waals surface area contributed by atoms with Crippen LogP contribution in [-0.2, 0) is 4.79 Å². The second-order valence-corrected chi connectivity index (χ2v) is 4.38. The van der Waals surface area contributed by atoms with E-state index in [4.69, 9.17) is 5.11 Å². The van der Waals surface area contributed by atoms with Crippen molar-refractivity contribution in [3.05, 3.63) is 0 Å². The highest BCUT2D eigenvalue weighted by atomic mass is 16.4. The Bertz CT molecular complexity index is 201. The summed E-state index contributed by atoms with van der Waals surface area (Å²) < 4.78 is 0. The van der Waals surface area contributed by atoms with Crippen LogP contribution in [0, 0.1) is 17.8 Å². The monoisotopic (exact) mass is 183 g/mol. The zero-order valence-corrected chi connectivity index (χ0v) is 7.83. The number of nitrogens with one attached hydrogen (secondary N) is 1. The predicted molar refractivity (Wildman–Crippen MR) is 49.4 cm³/mol. The molecule has 0 spiro atoms. The average molecular weight is 183 g/mol. The molecule has 1 saturated heterocycles. The van der Waals surface area contributed by atoms with Crippen LogP contribution in [0.3, 0.4) is 0 Å². The zero-order valence-electron chi connectivity index (χ0n) is 7.83. The van der Waals surface area contributed by atoms with Crippen molar-refractivity contribution in [2.45, 2.75) is 25.7 Å². The summed E-state index contributed by atoms with van der Waals surface area (Å²) in [6.07, 6.45) is 4.17. The van der Waals surface area contributed by atoms with E-state index in [0.717, 1.165) is 38.3 Å². The largest absolute Gasteiger partial charge is 0.481 e. The number of carboxylic acid groups (broad SMARTS) is 1. The third-order valence-electron chi connectivity index (χ3n) is 3.54. The van der Waals surface area contributed by atoms with Gasteiger partial charge in [-0.1, -0.05) is 12.8 Å². The van der Waals surface area contributed by atoms with Crippen molar-refractivity contribution in [2.75, 3.05) is 13.1 Å². The standard InChI is InChI=1S/C10H17NO2/c12-10(13)8-3-1-2-7(4-8)9-5-11-6-9/h7-9,11H,1-6H2,(H,12,13)/t7-,8+/m0/s1. The molecule has 2 aliphatic rings. The van der Waals surface area contributed by atoms with Gasteiger partial charge in [0.05, 0.1) is 5.92 Å². The van der Waals surface area contributed by atoms with Gasteiger partial charge >= 0.3 is 5.97 Å². The van der Waals surface area contributed by atoms with E-state index in [1.165, 1.54) is 6.42 Å². The SMILES string of the molecule is O=C(O)[C@@H]1CCC[C@H](C2CNC2)C1. The highest BCUT2D eigenvalue weighted by molar-refractivity contribution is 5.70. The quantitative estimate of drug-likeness (QED) is 0.674. The molecule has 2 fully saturated rings. The van der Waals surface area contributed by atoms with Crippen LogP contribution in [0.2, 0.25) is 0 Å². The molecule has 3 heteroatoms. The Morgan fingerprint density at radius 2 is 2.00 bits per heavy atom. The molecule has 1 heterocycles. The van der Waals surface area contributed by atoms with E-state index in [0.29, 0.717) is 5.92 Å². The fraction of sp³-hybridized carbons (Fsp3) is 0.900. The lowest BCUT2D eigenvalue weighted by Crippen LogP contribution is -2.47. The van der Waals surface area contributed by atoms with Crippen LogP contribution in [0.4, 0.5) is 0 Å². The summed E-state index contributed by atoms with van der Waals surface area (Å²) in [5.74, 6) is 0.801. The number of hydrogen-bond acceptors (Lipinski definition) is 2. The first kappa shape index (κ1) is 9.00. The minimum Gasteiger partial charge on any atom is -0.481 e. The van der Waals surface area contributed by atoms with Gasteiger partial charge in [0.2, 0.25) is 0 Å². The van der Waals surface area contributed by atoms with Crippen molar-refractivity contribution in [3.63, 3.8) is 0 Å². The number of carbonyl (C=O) groups is 1. The number of rotatable bonds is 2. The summed E-state index contributed by atoms with van der Waals surface area (Å²) in [6, 6.07) is 0. The Morgan fingerprint density at radius 3 is 2.54 bits per heavy atom. The highest BCUT2D eigenvalue weighted by Gasteiger charge is 2.33. The molecule has 1 saturated carbocycles. The van der Waals surface area contributed by atoms with E-state index >= 15 is 0 Å². The summed E-state index contributed by atoms with van der Waals surface area (Å²) in [4.78, 5) is 10.8. The molecule has 0 aromatic carbocycles. The second kappa shape index (κ2) is 3.66. The molecular formula is C10H17NO2. The molecule has 0 bridgehead atoms. The minimum absolute atomic E-state index is 0.0562. The summed E-state index contributed by atoms with van der Waals surface area (Å²) in [6.45, 7) is 2.22.